The molecule has 0 bridgehead atoms. The molecule has 0 spiro atoms. The van der Waals surface area contributed by atoms with Crippen LogP contribution in [0.25, 0.3) is 0 Å². The van der Waals surface area contributed by atoms with Crippen molar-refractivity contribution in [2.24, 2.45) is 0 Å². The number of thiophene rings is 1. The first-order valence-electron chi connectivity index (χ1n) is 8.65. The maximum absolute atomic E-state index is 12.0. The molecule has 2 heterocycles. The van der Waals surface area contributed by atoms with E-state index < -0.39 is 0 Å². The van der Waals surface area contributed by atoms with Gasteiger partial charge in [-0.3, -0.25) is 14.4 Å². The molecule has 0 fully saturated rings. The predicted molar refractivity (Wildman–Crippen MR) is 102 cm³/mol. The van der Waals surface area contributed by atoms with Gasteiger partial charge in [0.2, 0.25) is 11.8 Å². The third-order valence-electron chi connectivity index (χ3n) is 3.88. The van der Waals surface area contributed by atoms with E-state index in [1.54, 1.807) is 24.3 Å². The Morgan fingerprint density at radius 3 is 2.59 bits per heavy atom. The van der Waals surface area contributed by atoms with Gasteiger partial charge in [-0.05, 0) is 30.0 Å². The number of ether oxygens (including phenoxy) is 2. The maximum Gasteiger partial charge on any atom is 0.243 e. The largest absolute Gasteiger partial charge is 0.486 e. The molecule has 8 heteroatoms. The highest BCUT2D eigenvalue weighted by Gasteiger charge is 2.13. The van der Waals surface area contributed by atoms with E-state index >= 15 is 0 Å². The second-order valence-electron chi connectivity index (χ2n) is 5.94. The minimum absolute atomic E-state index is 0.0363. The van der Waals surface area contributed by atoms with Gasteiger partial charge in [-0.25, -0.2) is 0 Å². The summed E-state index contributed by atoms with van der Waals surface area (Å²) in [7, 11) is 0. The Labute approximate surface area is 160 Å². The van der Waals surface area contributed by atoms with Crippen molar-refractivity contribution in [3.63, 3.8) is 0 Å². The van der Waals surface area contributed by atoms with Gasteiger partial charge >= 0.3 is 0 Å². The second-order valence-corrected chi connectivity index (χ2v) is 6.89. The molecule has 2 N–H and O–H groups in total. The molecule has 3 rings (SSSR count). The number of ketones is 1. The van der Waals surface area contributed by atoms with E-state index in [1.165, 1.54) is 11.3 Å². The van der Waals surface area contributed by atoms with Crippen LogP contribution in [0, 0.1) is 0 Å². The zero-order chi connectivity index (χ0) is 19.1. The number of Topliss-reactive ketones (excluding diaryl/α,β-unsaturated/α-hetero) is 1. The van der Waals surface area contributed by atoms with Gasteiger partial charge in [0.05, 0.1) is 11.4 Å². The number of amides is 2. The van der Waals surface area contributed by atoms with E-state index in [0.717, 1.165) is 0 Å². The molecule has 1 aliphatic rings. The summed E-state index contributed by atoms with van der Waals surface area (Å²) >= 11 is 1.39. The molecule has 142 valence electrons. The third kappa shape index (κ3) is 5.55. The molecule has 0 radical (unpaired) electrons. The zero-order valence-electron chi connectivity index (χ0n) is 14.7. The van der Waals surface area contributed by atoms with E-state index in [4.69, 9.17) is 9.47 Å². The lowest BCUT2D eigenvalue weighted by atomic mass is 10.1. The van der Waals surface area contributed by atoms with Crippen LogP contribution in [0.3, 0.4) is 0 Å². The van der Waals surface area contributed by atoms with E-state index in [-0.39, 0.29) is 30.6 Å². The summed E-state index contributed by atoms with van der Waals surface area (Å²) in [5, 5.41) is 7.10. The summed E-state index contributed by atoms with van der Waals surface area (Å²) in [4.78, 5) is 36.4. The topological polar surface area (TPSA) is 93.7 Å². The van der Waals surface area contributed by atoms with Crippen LogP contribution in [0.15, 0.2) is 35.7 Å². The quantitative estimate of drug-likeness (QED) is 0.678. The number of hydrogen-bond acceptors (Lipinski definition) is 6. The van der Waals surface area contributed by atoms with Crippen molar-refractivity contribution < 1.29 is 23.9 Å². The number of anilines is 1. The Hall–Kier alpha value is -2.87. The molecule has 0 saturated carbocycles. The van der Waals surface area contributed by atoms with E-state index in [9.17, 15) is 14.4 Å². The molecule has 2 aromatic rings. The minimum Gasteiger partial charge on any atom is -0.486 e. The van der Waals surface area contributed by atoms with Crippen LogP contribution in [0.2, 0.25) is 0 Å². The molecular formula is C19H20N2O5S. The SMILES string of the molecule is O=C(CCCC(=O)c1cccs1)NCC(=O)Nc1ccc2c(c1)OCCO2. The Kier molecular flexibility index (Phi) is 6.43. The summed E-state index contributed by atoms with van der Waals surface area (Å²) in [6, 6.07) is 8.72. The summed E-state index contributed by atoms with van der Waals surface area (Å²) in [6.45, 7) is 0.839. The van der Waals surface area contributed by atoms with Crippen LogP contribution in [0.5, 0.6) is 11.5 Å². The molecule has 7 nitrogen and oxygen atoms in total. The standard InChI is InChI=1S/C19H20N2O5S/c22-14(17-4-2-10-27-17)3-1-5-18(23)20-12-19(24)21-13-6-7-15-16(11-13)26-9-8-25-15/h2,4,6-7,10-11H,1,3,5,8-9,12H2,(H,20,23)(H,21,24). The van der Waals surface area contributed by atoms with Gasteiger partial charge in [0.1, 0.15) is 13.2 Å². The summed E-state index contributed by atoms with van der Waals surface area (Å²) in [6.07, 6.45) is 0.970. The molecule has 0 atom stereocenters. The van der Waals surface area contributed by atoms with Crippen LogP contribution >= 0.6 is 11.3 Å². The first kappa shape index (κ1) is 18.9. The van der Waals surface area contributed by atoms with Crippen LogP contribution in [-0.2, 0) is 9.59 Å². The monoisotopic (exact) mass is 388 g/mol. The Bertz CT molecular complexity index is 820. The van der Waals surface area contributed by atoms with Crippen LogP contribution in [0.4, 0.5) is 5.69 Å². The second kappa shape index (κ2) is 9.18. The highest BCUT2D eigenvalue weighted by molar-refractivity contribution is 7.12. The molecule has 1 aromatic heterocycles. The molecule has 1 aliphatic heterocycles. The van der Waals surface area contributed by atoms with Crippen molar-refractivity contribution in [1.29, 1.82) is 0 Å². The fourth-order valence-corrected chi connectivity index (χ4v) is 3.26. The fourth-order valence-electron chi connectivity index (χ4n) is 2.56. The molecule has 0 saturated heterocycles. The van der Waals surface area contributed by atoms with Crippen molar-refractivity contribution >= 4 is 34.6 Å². The number of carbonyl (C=O) groups excluding carboxylic acids is 3. The average Bonchev–Trinajstić information content (AvgIpc) is 3.21. The van der Waals surface area contributed by atoms with Crippen molar-refractivity contribution in [1.82, 2.24) is 5.32 Å². The van der Waals surface area contributed by atoms with Crippen LogP contribution in [-0.4, -0.2) is 37.4 Å². The maximum atomic E-state index is 12.0. The number of carbonyl (C=O) groups is 3. The zero-order valence-corrected chi connectivity index (χ0v) is 15.5. The number of hydrogen-bond donors (Lipinski definition) is 2. The van der Waals surface area contributed by atoms with Gasteiger partial charge in [0, 0.05) is 24.6 Å². The molecular weight excluding hydrogens is 368 g/mol. The number of rotatable bonds is 8. The number of benzene rings is 1. The predicted octanol–water partition coefficient (Wildman–Crippen LogP) is 2.63. The molecule has 0 unspecified atom stereocenters. The molecule has 27 heavy (non-hydrogen) atoms. The average molecular weight is 388 g/mol. The van der Waals surface area contributed by atoms with Gasteiger partial charge in [-0.1, -0.05) is 6.07 Å². The van der Waals surface area contributed by atoms with E-state index in [1.807, 2.05) is 11.4 Å². The van der Waals surface area contributed by atoms with Gasteiger partial charge in [-0.15, -0.1) is 11.3 Å². The van der Waals surface area contributed by atoms with Crippen LogP contribution in [0.1, 0.15) is 28.9 Å². The molecule has 2 amide bonds. The van der Waals surface area contributed by atoms with Crippen molar-refractivity contribution in [2.45, 2.75) is 19.3 Å². The summed E-state index contributed by atoms with van der Waals surface area (Å²) in [5.74, 6) is 0.665. The number of nitrogens with one attached hydrogen (secondary N) is 2. The highest BCUT2D eigenvalue weighted by Crippen LogP contribution is 2.32. The Morgan fingerprint density at radius 2 is 1.81 bits per heavy atom. The first-order valence-corrected chi connectivity index (χ1v) is 9.53. The fraction of sp³-hybridized carbons (Fsp3) is 0.316. The normalized spacial score (nSPS) is 12.3. The van der Waals surface area contributed by atoms with Crippen LogP contribution < -0.4 is 20.1 Å². The minimum atomic E-state index is -0.338. The van der Waals surface area contributed by atoms with Crippen molar-refractivity contribution in [2.75, 3.05) is 25.1 Å². The van der Waals surface area contributed by atoms with Gasteiger partial charge < -0.3 is 20.1 Å². The van der Waals surface area contributed by atoms with Gasteiger partial charge in [0.15, 0.2) is 17.3 Å². The molecule has 0 aliphatic carbocycles. The summed E-state index contributed by atoms with van der Waals surface area (Å²) in [5.41, 5.74) is 0.569. The Morgan fingerprint density at radius 1 is 1.00 bits per heavy atom. The Balaban J connectivity index is 1.36. The lowest BCUT2D eigenvalue weighted by Crippen LogP contribution is -2.32. The van der Waals surface area contributed by atoms with Gasteiger partial charge in [-0.2, -0.15) is 0 Å². The van der Waals surface area contributed by atoms with Crippen molar-refractivity contribution in [3.05, 3.63) is 40.6 Å². The number of fused-ring (bicyclic) bond motifs is 1. The third-order valence-corrected chi connectivity index (χ3v) is 4.79. The first-order chi connectivity index (χ1) is 13.1. The molecule has 1 aromatic carbocycles. The highest BCUT2D eigenvalue weighted by atomic mass is 32.1. The summed E-state index contributed by atoms with van der Waals surface area (Å²) < 4.78 is 10.9. The lowest BCUT2D eigenvalue weighted by molar-refractivity contribution is -0.124. The van der Waals surface area contributed by atoms with E-state index in [0.29, 0.717) is 48.1 Å². The lowest BCUT2D eigenvalue weighted by Gasteiger charge is -2.19. The smallest absolute Gasteiger partial charge is 0.243 e. The van der Waals surface area contributed by atoms with E-state index in [2.05, 4.69) is 10.6 Å². The van der Waals surface area contributed by atoms with Gasteiger partial charge in [0.25, 0.3) is 0 Å². The van der Waals surface area contributed by atoms with Crippen molar-refractivity contribution in [3.8, 4) is 11.5 Å².